The number of aryl methyl sites for hydroxylation is 2. The van der Waals surface area contributed by atoms with Crippen LogP contribution in [0.3, 0.4) is 0 Å². The lowest BCUT2D eigenvalue weighted by molar-refractivity contribution is 0.408. The number of halogens is 1. The van der Waals surface area contributed by atoms with Crippen molar-refractivity contribution >= 4 is 21.7 Å². The zero-order valence-corrected chi connectivity index (χ0v) is 13.9. The summed E-state index contributed by atoms with van der Waals surface area (Å²) in [4.78, 5) is 6.53. The van der Waals surface area contributed by atoms with Gasteiger partial charge in [0.25, 0.3) is 0 Å². The van der Waals surface area contributed by atoms with E-state index in [1.807, 2.05) is 25.4 Å². The van der Waals surface area contributed by atoms with Gasteiger partial charge < -0.3 is 9.64 Å². The third kappa shape index (κ3) is 3.31. The smallest absolute Gasteiger partial charge is 0.128 e. The van der Waals surface area contributed by atoms with Crippen LogP contribution in [0.15, 0.2) is 34.9 Å². The van der Waals surface area contributed by atoms with Gasteiger partial charge in [0.1, 0.15) is 11.6 Å². The summed E-state index contributed by atoms with van der Waals surface area (Å²) < 4.78 is 6.49. The first-order valence-corrected chi connectivity index (χ1v) is 7.27. The molecule has 0 aliphatic rings. The maximum absolute atomic E-state index is 5.51. The Balaban J connectivity index is 2.27. The molecule has 106 valence electrons. The monoisotopic (exact) mass is 334 g/mol. The van der Waals surface area contributed by atoms with Crippen LogP contribution < -0.4 is 9.64 Å². The van der Waals surface area contributed by atoms with Crippen LogP contribution in [0.4, 0.5) is 5.82 Å². The first kappa shape index (κ1) is 14.9. The Kier molecular flexibility index (Phi) is 4.65. The second kappa shape index (κ2) is 6.27. The van der Waals surface area contributed by atoms with Crippen LogP contribution in [0.1, 0.15) is 16.7 Å². The number of methoxy groups -OCH3 is 1. The first-order chi connectivity index (χ1) is 9.51. The molecule has 1 aromatic carbocycles. The van der Waals surface area contributed by atoms with Crippen LogP contribution in [0.5, 0.6) is 5.75 Å². The highest BCUT2D eigenvalue weighted by molar-refractivity contribution is 9.10. The van der Waals surface area contributed by atoms with Gasteiger partial charge in [-0.1, -0.05) is 6.07 Å². The molecule has 0 spiro atoms. The van der Waals surface area contributed by atoms with Crippen LogP contribution in [-0.4, -0.2) is 19.1 Å². The fourth-order valence-corrected chi connectivity index (χ4v) is 2.49. The van der Waals surface area contributed by atoms with Gasteiger partial charge in [0.2, 0.25) is 0 Å². The first-order valence-electron chi connectivity index (χ1n) is 6.48. The second-order valence-electron chi connectivity index (χ2n) is 4.95. The number of anilines is 1. The lowest BCUT2D eigenvalue weighted by Gasteiger charge is -2.21. The summed E-state index contributed by atoms with van der Waals surface area (Å²) in [6.07, 6.45) is 1.81. The maximum atomic E-state index is 5.51. The zero-order chi connectivity index (χ0) is 14.7. The van der Waals surface area contributed by atoms with E-state index in [0.29, 0.717) is 0 Å². The van der Waals surface area contributed by atoms with Crippen molar-refractivity contribution in [1.29, 1.82) is 0 Å². The number of ether oxygens (including phenoxy) is 1. The Labute approximate surface area is 128 Å². The van der Waals surface area contributed by atoms with Crippen molar-refractivity contribution in [3.05, 3.63) is 51.6 Å². The van der Waals surface area contributed by atoms with E-state index in [2.05, 4.69) is 51.8 Å². The van der Waals surface area contributed by atoms with E-state index in [1.54, 1.807) is 7.11 Å². The molecule has 0 saturated heterocycles. The van der Waals surface area contributed by atoms with Gasteiger partial charge in [-0.3, -0.25) is 0 Å². The van der Waals surface area contributed by atoms with E-state index in [4.69, 9.17) is 4.74 Å². The molecule has 1 aromatic heterocycles. The summed E-state index contributed by atoms with van der Waals surface area (Å²) in [5, 5.41) is 0. The summed E-state index contributed by atoms with van der Waals surface area (Å²) in [6.45, 7) is 4.97. The van der Waals surface area contributed by atoms with Crippen LogP contribution in [0.2, 0.25) is 0 Å². The van der Waals surface area contributed by atoms with E-state index < -0.39 is 0 Å². The molecule has 0 radical (unpaired) electrons. The molecule has 0 bridgehead atoms. The Hall–Kier alpha value is -1.55. The third-order valence-corrected chi connectivity index (χ3v) is 3.76. The fraction of sp³-hybridized carbons (Fsp3) is 0.312. The van der Waals surface area contributed by atoms with Gasteiger partial charge in [-0.05, 0) is 59.1 Å². The molecule has 3 nitrogen and oxygen atoms in total. The second-order valence-corrected chi connectivity index (χ2v) is 5.87. The largest absolute Gasteiger partial charge is 0.496 e. The van der Waals surface area contributed by atoms with Gasteiger partial charge in [0, 0.05) is 29.8 Å². The third-order valence-electron chi connectivity index (χ3n) is 3.29. The van der Waals surface area contributed by atoms with E-state index in [0.717, 1.165) is 22.6 Å². The van der Waals surface area contributed by atoms with Crippen molar-refractivity contribution in [3.63, 3.8) is 0 Å². The van der Waals surface area contributed by atoms with Crippen molar-refractivity contribution < 1.29 is 4.74 Å². The van der Waals surface area contributed by atoms with Gasteiger partial charge in [-0.25, -0.2) is 4.98 Å². The number of pyridine rings is 1. The molecular weight excluding hydrogens is 316 g/mol. The van der Waals surface area contributed by atoms with Crippen molar-refractivity contribution in [2.45, 2.75) is 20.4 Å². The van der Waals surface area contributed by atoms with E-state index in [-0.39, 0.29) is 0 Å². The highest BCUT2D eigenvalue weighted by Crippen LogP contribution is 2.26. The van der Waals surface area contributed by atoms with E-state index >= 15 is 0 Å². The molecular formula is C16H19BrN2O. The quantitative estimate of drug-likeness (QED) is 0.841. The number of nitrogens with zero attached hydrogens (tertiary/aromatic N) is 2. The number of rotatable bonds is 4. The number of hydrogen-bond acceptors (Lipinski definition) is 3. The fourth-order valence-electron chi connectivity index (χ4n) is 2.26. The average Bonchev–Trinajstić information content (AvgIpc) is 2.42. The number of hydrogen-bond donors (Lipinski definition) is 0. The van der Waals surface area contributed by atoms with Gasteiger partial charge in [-0.15, -0.1) is 0 Å². The molecule has 0 amide bonds. The average molecular weight is 335 g/mol. The Morgan fingerprint density at radius 1 is 1.25 bits per heavy atom. The standard InChI is InChI=1S/C16H19BrN2O/c1-11-7-12(2)14(15(8-11)20-4)10-19(3)16-6-5-13(17)9-18-16/h5-9H,10H2,1-4H3. The normalized spacial score (nSPS) is 10.4. The van der Waals surface area contributed by atoms with Gasteiger partial charge in [0.15, 0.2) is 0 Å². The molecule has 0 aliphatic carbocycles. The molecule has 0 saturated carbocycles. The minimum atomic E-state index is 0.768. The van der Waals surface area contributed by atoms with Gasteiger partial charge in [-0.2, -0.15) is 0 Å². The van der Waals surface area contributed by atoms with Gasteiger partial charge in [0.05, 0.1) is 7.11 Å². The SMILES string of the molecule is COc1cc(C)cc(C)c1CN(C)c1ccc(Br)cn1. The van der Waals surface area contributed by atoms with E-state index in [9.17, 15) is 0 Å². The summed E-state index contributed by atoms with van der Waals surface area (Å²) in [7, 11) is 3.75. The highest BCUT2D eigenvalue weighted by Gasteiger charge is 2.11. The van der Waals surface area contributed by atoms with Crippen molar-refractivity contribution in [2.24, 2.45) is 0 Å². The van der Waals surface area contributed by atoms with Crippen molar-refractivity contribution in [2.75, 3.05) is 19.1 Å². The molecule has 2 aromatic rings. The minimum absolute atomic E-state index is 0.768. The number of aromatic nitrogens is 1. The van der Waals surface area contributed by atoms with E-state index in [1.165, 1.54) is 16.7 Å². The lowest BCUT2D eigenvalue weighted by atomic mass is 10.0. The lowest BCUT2D eigenvalue weighted by Crippen LogP contribution is -2.18. The predicted molar refractivity (Wildman–Crippen MR) is 86.5 cm³/mol. The Morgan fingerprint density at radius 3 is 2.60 bits per heavy atom. The molecule has 4 heteroatoms. The Bertz CT molecular complexity index is 596. The van der Waals surface area contributed by atoms with Crippen LogP contribution in [-0.2, 0) is 6.54 Å². The molecule has 0 aliphatic heterocycles. The van der Waals surface area contributed by atoms with Crippen molar-refractivity contribution in [3.8, 4) is 5.75 Å². The summed E-state index contributed by atoms with van der Waals surface area (Å²) in [5.41, 5.74) is 3.66. The van der Waals surface area contributed by atoms with Crippen LogP contribution in [0.25, 0.3) is 0 Å². The molecule has 0 atom stereocenters. The highest BCUT2D eigenvalue weighted by atomic mass is 79.9. The number of benzene rings is 1. The predicted octanol–water partition coefficient (Wildman–Crippen LogP) is 4.11. The minimum Gasteiger partial charge on any atom is -0.496 e. The van der Waals surface area contributed by atoms with Crippen molar-refractivity contribution in [1.82, 2.24) is 4.98 Å². The Morgan fingerprint density at radius 2 is 2.00 bits per heavy atom. The molecule has 0 N–H and O–H groups in total. The van der Waals surface area contributed by atoms with Crippen LogP contribution >= 0.6 is 15.9 Å². The molecule has 20 heavy (non-hydrogen) atoms. The summed E-state index contributed by atoms with van der Waals surface area (Å²) >= 11 is 3.40. The van der Waals surface area contributed by atoms with Gasteiger partial charge >= 0.3 is 0 Å². The topological polar surface area (TPSA) is 25.4 Å². The van der Waals surface area contributed by atoms with Crippen LogP contribution in [0, 0.1) is 13.8 Å². The summed E-state index contributed by atoms with van der Waals surface area (Å²) in [6, 6.07) is 8.25. The molecule has 1 heterocycles. The maximum Gasteiger partial charge on any atom is 0.128 e. The molecule has 0 unspecified atom stereocenters. The zero-order valence-electron chi connectivity index (χ0n) is 12.3. The summed E-state index contributed by atoms with van der Waals surface area (Å²) in [5.74, 6) is 1.88. The molecule has 2 rings (SSSR count). The molecule has 0 fully saturated rings.